The highest BCUT2D eigenvalue weighted by atomic mass is 31.1. The molecule has 2 rings (SSSR count). The summed E-state index contributed by atoms with van der Waals surface area (Å²) in [5.41, 5.74) is 1.78. The number of benzene rings is 2. The molecular weight excluding hydrogens is 319 g/mol. The van der Waals surface area contributed by atoms with Gasteiger partial charge in [0.2, 0.25) is 0 Å². The van der Waals surface area contributed by atoms with Crippen molar-refractivity contribution in [2.75, 3.05) is 0 Å². The highest BCUT2D eigenvalue weighted by Crippen LogP contribution is 2.34. The first-order valence-electron chi connectivity index (χ1n) is 8.15. The van der Waals surface area contributed by atoms with Crippen molar-refractivity contribution in [2.45, 2.75) is 26.7 Å². The van der Waals surface area contributed by atoms with Gasteiger partial charge in [-0.1, -0.05) is 74.5 Å². The van der Waals surface area contributed by atoms with Crippen LogP contribution >= 0.6 is 8.25 Å². The third kappa shape index (κ3) is 5.43. The van der Waals surface area contributed by atoms with Crippen LogP contribution in [0.15, 0.2) is 60.7 Å². The van der Waals surface area contributed by atoms with Crippen LogP contribution in [-0.2, 0) is 4.57 Å². The molecule has 0 aliphatic carbocycles. The summed E-state index contributed by atoms with van der Waals surface area (Å²) in [6, 6.07) is 15.0. The molecule has 2 aromatic rings. The van der Waals surface area contributed by atoms with E-state index >= 15 is 0 Å². The fourth-order valence-corrected chi connectivity index (χ4v) is 2.88. The lowest BCUT2D eigenvalue weighted by Gasteiger charge is -2.11. The fraction of sp³-hybridized carbons (Fsp3) is 0.200. The van der Waals surface area contributed by atoms with Gasteiger partial charge in [-0.2, -0.15) is 0 Å². The highest BCUT2D eigenvalue weighted by molar-refractivity contribution is 7.34. The molecule has 0 N–H and O–H groups in total. The molecule has 126 valence electrons. The van der Waals surface area contributed by atoms with Crippen LogP contribution < -0.4 is 9.05 Å². The van der Waals surface area contributed by atoms with Crippen molar-refractivity contribution in [1.82, 2.24) is 0 Å². The van der Waals surface area contributed by atoms with Crippen molar-refractivity contribution in [1.29, 1.82) is 0 Å². The number of para-hydroxylation sites is 2. The largest absolute Gasteiger partial charge is 0.419 e. The van der Waals surface area contributed by atoms with Crippen LogP contribution in [0.4, 0.5) is 0 Å². The Bertz CT molecular complexity index is 674. The molecule has 0 saturated heterocycles. The van der Waals surface area contributed by atoms with E-state index in [0.29, 0.717) is 11.5 Å². The normalized spacial score (nSPS) is 11.5. The molecule has 0 heterocycles. The average molecular weight is 342 g/mol. The topological polar surface area (TPSA) is 35.5 Å². The fourth-order valence-electron chi connectivity index (χ4n) is 2.11. The number of hydrogen-bond acceptors (Lipinski definition) is 3. The third-order valence-corrected chi connectivity index (χ3v) is 4.06. The van der Waals surface area contributed by atoms with Crippen LogP contribution in [0.25, 0.3) is 12.2 Å². The minimum Gasteiger partial charge on any atom is -0.417 e. The van der Waals surface area contributed by atoms with Crippen molar-refractivity contribution in [3.63, 3.8) is 0 Å². The van der Waals surface area contributed by atoms with E-state index in [4.69, 9.17) is 9.05 Å². The average Bonchev–Trinajstić information content (AvgIpc) is 2.60. The summed E-state index contributed by atoms with van der Waals surface area (Å²) in [7, 11) is -2.71. The van der Waals surface area contributed by atoms with Crippen molar-refractivity contribution in [3.8, 4) is 11.5 Å². The first-order chi connectivity index (χ1) is 11.7. The molecule has 0 atom stereocenters. The number of allylic oxidation sites excluding steroid dienone is 2. The van der Waals surface area contributed by atoms with E-state index in [-0.39, 0.29) is 0 Å². The first kappa shape index (κ1) is 18.1. The zero-order chi connectivity index (χ0) is 17.2. The van der Waals surface area contributed by atoms with Gasteiger partial charge in [0.1, 0.15) is 11.5 Å². The maximum absolute atomic E-state index is 12.3. The summed E-state index contributed by atoms with van der Waals surface area (Å²) >= 11 is 0. The van der Waals surface area contributed by atoms with Crippen LogP contribution in [0.3, 0.4) is 0 Å². The zero-order valence-electron chi connectivity index (χ0n) is 14.1. The Labute approximate surface area is 144 Å². The van der Waals surface area contributed by atoms with Crippen molar-refractivity contribution in [3.05, 3.63) is 71.8 Å². The second kappa shape index (κ2) is 9.79. The van der Waals surface area contributed by atoms with E-state index in [1.807, 2.05) is 60.7 Å². The lowest BCUT2D eigenvalue weighted by molar-refractivity contribution is 0.415. The Kier molecular flexibility index (Phi) is 7.38. The predicted molar refractivity (Wildman–Crippen MR) is 102 cm³/mol. The third-order valence-electron chi connectivity index (χ3n) is 3.29. The molecule has 0 amide bonds. The van der Waals surface area contributed by atoms with Gasteiger partial charge in [0.15, 0.2) is 0 Å². The molecule has 0 aromatic heterocycles. The van der Waals surface area contributed by atoms with Crippen LogP contribution in [0.5, 0.6) is 11.5 Å². The molecule has 2 aromatic carbocycles. The van der Waals surface area contributed by atoms with Gasteiger partial charge in [-0.15, -0.1) is 0 Å². The molecule has 0 bridgehead atoms. The van der Waals surface area contributed by atoms with E-state index in [0.717, 1.165) is 24.0 Å². The van der Waals surface area contributed by atoms with E-state index in [9.17, 15) is 4.57 Å². The quantitative estimate of drug-likeness (QED) is 0.522. The standard InChI is InChI=1S/C20H23O3P/c1-3-5-11-17-13-7-9-15-19(17)22-24(21)23-20-16-10-8-14-18(20)12-6-4-2/h5-16,24H,3-4H2,1-2H3/b11-5+,12-6+. The van der Waals surface area contributed by atoms with Crippen molar-refractivity contribution < 1.29 is 13.6 Å². The summed E-state index contributed by atoms with van der Waals surface area (Å²) in [5.74, 6) is 1.13. The Morgan fingerprint density at radius 3 is 1.62 bits per heavy atom. The van der Waals surface area contributed by atoms with Gasteiger partial charge >= 0.3 is 8.25 Å². The summed E-state index contributed by atoms with van der Waals surface area (Å²) in [6.07, 6.45) is 9.84. The van der Waals surface area contributed by atoms with E-state index in [1.165, 1.54) is 0 Å². The Morgan fingerprint density at radius 1 is 0.792 bits per heavy atom. The maximum Gasteiger partial charge on any atom is 0.419 e. The van der Waals surface area contributed by atoms with Gasteiger partial charge in [-0.05, 0) is 25.0 Å². The molecule has 0 aliphatic rings. The maximum atomic E-state index is 12.3. The SMILES string of the molecule is CC/C=C/c1ccccc1O[PH](=O)Oc1ccccc1/C=C/CC. The molecule has 0 fully saturated rings. The molecule has 0 saturated carbocycles. The van der Waals surface area contributed by atoms with Crippen LogP contribution in [-0.4, -0.2) is 0 Å². The lowest BCUT2D eigenvalue weighted by atomic mass is 10.2. The second-order valence-electron chi connectivity index (χ2n) is 5.15. The summed E-state index contributed by atoms with van der Waals surface area (Å²) < 4.78 is 23.4. The molecule has 4 heteroatoms. The summed E-state index contributed by atoms with van der Waals surface area (Å²) in [5, 5.41) is 0. The van der Waals surface area contributed by atoms with Crippen LogP contribution in [0.1, 0.15) is 37.8 Å². The Balaban J connectivity index is 2.12. The Hall–Kier alpha value is -2.25. The first-order valence-corrected chi connectivity index (χ1v) is 9.37. The van der Waals surface area contributed by atoms with Gasteiger partial charge in [0.25, 0.3) is 0 Å². The second-order valence-corrected chi connectivity index (χ2v) is 6.06. The zero-order valence-corrected chi connectivity index (χ0v) is 15.1. The minimum atomic E-state index is -2.71. The molecule has 0 spiro atoms. The van der Waals surface area contributed by atoms with E-state index < -0.39 is 8.25 Å². The molecular formula is C20H23O3P. The van der Waals surface area contributed by atoms with Gasteiger partial charge in [0, 0.05) is 11.1 Å². The molecule has 0 aliphatic heterocycles. The number of hydrogen-bond donors (Lipinski definition) is 0. The molecule has 3 nitrogen and oxygen atoms in total. The van der Waals surface area contributed by atoms with Crippen LogP contribution in [0, 0.1) is 0 Å². The van der Waals surface area contributed by atoms with E-state index in [1.54, 1.807) is 12.1 Å². The Morgan fingerprint density at radius 2 is 1.21 bits per heavy atom. The lowest BCUT2D eigenvalue weighted by Crippen LogP contribution is -1.92. The smallest absolute Gasteiger partial charge is 0.417 e. The van der Waals surface area contributed by atoms with Crippen LogP contribution in [0.2, 0.25) is 0 Å². The van der Waals surface area contributed by atoms with Crippen molar-refractivity contribution >= 4 is 20.4 Å². The monoisotopic (exact) mass is 342 g/mol. The van der Waals surface area contributed by atoms with Gasteiger partial charge < -0.3 is 9.05 Å². The van der Waals surface area contributed by atoms with Gasteiger partial charge in [-0.3, -0.25) is 0 Å². The summed E-state index contributed by atoms with van der Waals surface area (Å²) in [4.78, 5) is 0. The minimum absolute atomic E-state index is 0.563. The highest BCUT2D eigenvalue weighted by Gasteiger charge is 2.09. The predicted octanol–water partition coefficient (Wildman–Crippen LogP) is 6.38. The molecule has 24 heavy (non-hydrogen) atoms. The van der Waals surface area contributed by atoms with Gasteiger partial charge in [-0.25, -0.2) is 4.57 Å². The molecule has 0 radical (unpaired) electrons. The summed E-state index contributed by atoms with van der Waals surface area (Å²) in [6.45, 7) is 4.12. The van der Waals surface area contributed by atoms with E-state index in [2.05, 4.69) is 13.8 Å². The van der Waals surface area contributed by atoms with Crippen molar-refractivity contribution in [2.24, 2.45) is 0 Å². The van der Waals surface area contributed by atoms with Gasteiger partial charge in [0.05, 0.1) is 0 Å². The molecule has 0 unspecified atom stereocenters. The number of rotatable bonds is 8.